The van der Waals surface area contributed by atoms with Gasteiger partial charge >= 0.3 is 12.0 Å². The predicted octanol–water partition coefficient (Wildman–Crippen LogP) is 0.359. The number of aliphatic carboxylic acids is 1. The molecule has 7 heteroatoms. The van der Waals surface area contributed by atoms with E-state index in [4.69, 9.17) is 5.11 Å². The van der Waals surface area contributed by atoms with E-state index in [0.29, 0.717) is 13.1 Å². The lowest BCUT2D eigenvalue weighted by Crippen LogP contribution is -2.49. The Balaban J connectivity index is 4.56. The molecule has 7 nitrogen and oxygen atoms in total. The van der Waals surface area contributed by atoms with Crippen molar-refractivity contribution in [3.63, 3.8) is 0 Å². The second-order valence-electron chi connectivity index (χ2n) is 4.33. The van der Waals surface area contributed by atoms with Crippen LogP contribution in [0, 0.1) is 0 Å². The Morgan fingerprint density at radius 3 is 2.26 bits per heavy atom. The highest BCUT2D eigenvalue weighted by atomic mass is 16.4. The first-order valence-electron chi connectivity index (χ1n) is 6.33. The number of carboxylic acid groups (broad SMARTS) is 1. The molecular formula is C12H23N3O4. The number of nitrogens with zero attached hydrogens (tertiary/aromatic N) is 2. The minimum absolute atomic E-state index is 0.0387. The first-order valence-corrected chi connectivity index (χ1v) is 6.33. The summed E-state index contributed by atoms with van der Waals surface area (Å²) in [6.45, 7) is 6.11. The lowest BCUT2D eigenvalue weighted by Gasteiger charge is -2.31. The van der Waals surface area contributed by atoms with Crippen LogP contribution < -0.4 is 5.32 Å². The summed E-state index contributed by atoms with van der Waals surface area (Å²) in [5.74, 6) is -1.19. The van der Waals surface area contributed by atoms with Gasteiger partial charge in [0, 0.05) is 26.2 Å². The van der Waals surface area contributed by atoms with E-state index in [1.54, 1.807) is 20.8 Å². The summed E-state index contributed by atoms with van der Waals surface area (Å²) >= 11 is 0. The van der Waals surface area contributed by atoms with Crippen LogP contribution in [0.5, 0.6) is 0 Å². The summed E-state index contributed by atoms with van der Waals surface area (Å²) in [4.78, 5) is 36.9. The topological polar surface area (TPSA) is 90.0 Å². The third-order valence-corrected chi connectivity index (χ3v) is 2.67. The third-order valence-electron chi connectivity index (χ3n) is 2.67. The highest BCUT2D eigenvalue weighted by molar-refractivity contribution is 5.84. The zero-order chi connectivity index (χ0) is 15.0. The van der Waals surface area contributed by atoms with Gasteiger partial charge in [-0.3, -0.25) is 9.59 Å². The number of rotatable bonds is 7. The first-order chi connectivity index (χ1) is 8.83. The van der Waals surface area contributed by atoms with Crippen molar-refractivity contribution in [2.75, 3.05) is 26.7 Å². The van der Waals surface area contributed by atoms with E-state index >= 15 is 0 Å². The van der Waals surface area contributed by atoms with Gasteiger partial charge in [0.25, 0.3) is 0 Å². The molecule has 0 aliphatic carbocycles. The smallest absolute Gasteiger partial charge is 0.320 e. The number of likely N-dealkylation sites (N-methyl/N-ethyl adjacent to an activating group) is 2. The van der Waals surface area contributed by atoms with Gasteiger partial charge < -0.3 is 20.2 Å². The van der Waals surface area contributed by atoms with Crippen molar-refractivity contribution in [3.8, 4) is 0 Å². The molecule has 19 heavy (non-hydrogen) atoms. The largest absolute Gasteiger partial charge is 0.481 e. The minimum atomic E-state index is -0.954. The van der Waals surface area contributed by atoms with E-state index in [9.17, 15) is 14.4 Å². The monoisotopic (exact) mass is 273 g/mol. The lowest BCUT2D eigenvalue weighted by atomic mass is 10.2. The Morgan fingerprint density at radius 2 is 1.84 bits per heavy atom. The van der Waals surface area contributed by atoms with Gasteiger partial charge in [-0.1, -0.05) is 0 Å². The highest BCUT2D eigenvalue weighted by Crippen LogP contribution is 2.07. The molecule has 0 aromatic rings. The van der Waals surface area contributed by atoms with Crippen LogP contribution >= 0.6 is 0 Å². The number of hydrogen-bond acceptors (Lipinski definition) is 3. The summed E-state index contributed by atoms with van der Waals surface area (Å²) in [5.41, 5.74) is 0. The van der Waals surface area contributed by atoms with Crippen molar-refractivity contribution in [1.29, 1.82) is 0 Å². The van der Waals surface area contributed by atoms with Crippen LogP contribution in [0.4, 0.5) is 4.79 Å². The SMILES string of the molecule is CCNC(=O)CN(C)C(=O)N(CC)C(C)CC(=O)O. The molecule has 3 amide bonds. The third kappa shape index (κ3) is 6.08. The molecule has 0 heterocycles. The van der Waals surface area contributed by atoms with Crippen LogP contribution in [0.25, 0.3) is 0 Å². The molecule has 0 aliphatic rings. The van der Waals surface area contributed by atoms with Crippen molar-refractivity contribution < 1.29 is 19.5 Å². The molecule has 1 atom stereocenters. The van der Waals surface area contributed by atoms with Gasteiger partial charge in [-0.05, 0) is 20.8 Å². The van der Waals surface area contributed by atoms with Gasteiger partial charge in [-0.15, -0.1) is 0 Å². The van der Waals surface area contributed by atoms with Gasteiger partial charge in [0.15, 0.2) is 0 Å². The molecule has 0 rings (SSSR count). The summed E-state index contributed by atoms with van der Waals surface area (Å²) in [7, 11) is 1.52. The zero-order valence-corrected chi connectivity index (χ0v) is 12.0. The minimum Gasteiger partial charge on any atom is -0.481 e. The number of urea groups is 1. The number of carbonyl (C=O) groups is 3. The Labute approximate surface area is 113 Å². The molecule has 0 radical (unpaired) electrons. The summed E-state index contributed by atoms with van der Waals surface area (Å²) in [6, 6.07) is -0.755. The predicted molar refractivity (Wildman–Crippen MR) is 70.8 cm³/mol. The second kappa shape index (κ2) is 8.34. The van der Waals surface area contributed by atoms with Crippen LogP contribution in [0.2, 0.25) is 0 Å². The van der Waals surface area contributed by atoms with Crippen molar-refractivity contribution in [2.24, 2.45) is 0 Å². The van der Waals surface area contributed by atoms with Crippen LogP contribution in [-0.2, 0) is 9.59 Å². The molecule has 0 saturated carbocycles. The van der Waals surface area contributed by atoms with E-state index in [0.717, 1.165) is 0 Å². The van der Waals surface area contributed by atoms with E-state index < -0.39 is 12.0 Å². The fraction of sp³-hybridized carbons (Fsp3) is 0.750. The maximum Gasteiger partial charge on any atom is 0.320 e. The van der Waals surface area contributed by atoms with Crippen molar-refractivity contribution >= 4 is 17.9 Å². The summed E-state index contributed by atoms with van der Waals surface area (Å²) in [5, 5.41) is 11.4. The van der Waals surface area contributed by atoms with Crippen molar-refractivity contribution in [1.82, 2.24) is 15.1 Å². The number of carboxylic acids is 1. The Kier molecular flexibility index (Phi) is 7.55. The molecule has 0 aromatic heterocycles. The summed E-state index contributed by atoms with van der Waals surface area (Å²) < 4.78 is 0. The van der Waals surface area contributed by atoms with Crippen molar-refractivity contribution in [2.45, 2.75) is 33.2 Å². The second-order valence-corrected chi connectivity index (χ2v) is 4.33. The highest BCUT2D eigenvalue weighted by Gasteiger charge is 2.24. The van der Waals surface area contributed by atoms with Crippen LogP contribution in [0.3, 0.4) is 0 Å². The number of nitrogens with one attached hydrogen (secondary N) is 1. The molecule has 2 N–H and O–H groups in total. The molecule has 110 valence electrons. The Hall–Kier alpha value is -1.79. The fourth-order valence-electron chi connectivity index (χ4n) is 1.75. The Bertz CT molecular complexity index is 333. The molecule has 0 aromatic carbocycles. The summed E-state index contributed by atoms with van der Waals surface area (Å²) in [6.07, 6.45) is -0.116. The van der Waals surface area contributed by atoms with Gasteiger partial charge in [-0.25, -0.2) is 4.79 Å². The van der Waals surface area contributed by atoms with Gasteiger partial charge in [0.1, 0.15) is 6.54 Å². The van der Waals surface area contributed by atoms with E-state index in [2.05, 4.69) is 5.32 Å². The normalized spacial score (nSPS) is 11.6. The van der Waals surface area contributed by atoms with Crippen LogP contribution in [0.1, 0.15) is 27.2 Å². The molecular weight excluding hydrogens is 250 g/mol. The Morgan fingerprint density at radius 1 is 1.26 bits per heavy atom. The molecule has 0 aliphatic heterocycles. The molecule has 0 fully saturated rings. The van der Waals surface area contributed by atoms with Gasteiger partial charge in [-0.2, -0.15) is 0 Å². The van der Waals surface area contributed by atoms with Crippen molar-refractivity contribution in [3.05, 3.63) is 0 Å². The quantitative estimate of drug-likeness (QED) is 0.700. The van der Waals surface area contributed by atoms with Crippen LogP contribution in [0.15, 0.2) is 0 Å². The van der Waals surface area contributed by atoms with E-state index in [1.165, 1.54) is 16.8 Å². The number of carbonyl (C=O) groups excluding carboxylic acids is 2. The number of hydrogen-bond donors (Lipinski definition) is 2. The average Bonchev–Trinajstić information content (AvgIpc) is 2.28. The average molecular weight is 273 g/mol. The first kappa shape index (κ1) is 17.2. The van der Waals surface area contributed by atoms with Crippen LogP contribution in [-0.4, -0.2) is 65.5 Å². The lowest BCUT2D eigenvalue weighted by molar-refractivity contribution is -0.138. The number of amides is 3. The molecule has 1 unspecified atom stereocenters. The van der Waals surface area contributed by atoms with Gasteiger partial charge in [0.2, 0.25) is 5.91 Å². The zero-order valence-electron chi connectivity index (χ0n) is 12.0. The maximum absolute atomic E-state index is 12.1. The molecule has 0 saturated heterocycles. The molecule has 0 spiro atoms. The van der Waals surface area contributed by atoms with Gasteiger partial charge in [0.05, 0.1) is 6.42 Å². The van der Waals surface area contributed by atoms with E-state index in [1.807, 2.05) is 0 Å². The maximum atomic E-state index is 12.1. The standard InChI is InChI=1S/C12H23N3O4/c1-5-13-10(16)8-14(4)12(19)15(6-2)9(3)7-11(17)18/h9H,5-8H2,1-4H3,(H,13,16)(H,17,18). The fourth-order valence-corrected chi connectivity index (χ4v) is 1.75. The van der Waals surface area contributed by atoms with E-state index in [-0.39, 0.29) is 24.9 Å². The molecule has 0 bridgehead atoms.